The van der Waals surface area contributed by atoms with Crippen LogP contribution in [0.25, 0.3) is 0 Å². The Morgan fingerprint density at radius 3 is 2.92 bits per heavy atom. The average Bonchev–Trinajstić information content (AvgIpc) is 2.11. The fourth-order valence-electron chi connectivity index (χ4n) is 0.876. The van der Waals surface area contributed by atoms with Crippen LogP contribution < -0.4 is 5.32 Å². The van der Waals surface area contributed by atoms with E-state index in [1.807, 2.05) is 6.92 Å². The minimum atomic E-state index is -0.124. The number of hydrogen-bond donors (Lipinski definition) is 1. The first-order valence-corrected chi connectivity index (χ1v) is 4.61. The average molecular weight is 183 g/mol. The molecule has 3 heteroatoms. The summed E-state index contributed by atoms with van der Waals surface area (Å²) in [6.07, 6.45) is 7.09. The van der Waals surface area contributed by atoms with Crippen LogP contribution in [0.2, 0.25) is 0 Å². The third kappa shape index (κ3) is 8.90. The van der Waals surface area contributed by atoms with E-state index < -0.39 is 0 Å². The molecule has 0 fully saturated rings. The van der Waals surface area contributed by atoms with Crippen molar-refractivity contribution >= 4 is 5.97 Å². The van der Waals surface area contributed by atoms with Gasteiger partial charge in [0.1, 0.15) is 0 Å². The normalized spacial score (nSPS) is 9.23. The molecule has 0 radical (unpaired) electrons. The van der Waals surface area contributed by atoms with Crippen LogP contribution in [-0.4, -0.2) is 25.7 Å². The maximum absolute atomic E-state index is 10.8. The highest BCUT2D eigenvalue weighted by molar-refractivity contribution is 5.69. The number of terminal acetylenes is 1. The smallest absolute Gasteiger partial charge is 0.305 e. The second-order valence-corrected chi connectivity index (χ2v) is 2.61. The lowest BCUT2D eigenvalue weighted by Gasteiger charge is -2.02. The Labute approximate surface area is 79.8 Å². The van der Waals surface area contributed by atoms with Crippen molar-refractivity contribution in [1.29, 1.82) is 0 Å². The topological polar surface area (TPSA) is 38.3 Å². The summed E-state index contributed by atoms with van der Waals surface area (Å²) in [6, 6.07) is 0. The Bertz CT molecular complexity index is 172. The highest BCUT2D eigenvalue weighted by Crippen LogP contribution is 1.90. The van der Waals surface area contributed by atoms with Crippen molar-refractivity contribution in [2.75, 3.05) is 19.7 Å². The lowest BCUT2D eigenvalue weighted by molar-refractivity contribution is -0.143. The summed E-state index contributed by atoms with van der Waals surface area (Å²) in [5.74, 6) is 2.41. The second-order valence-electron chi connectivity index (χ2n) is 2.61. The molecule has 0 rings (SSSR count). The van der Waals surface area contributed by atoms with Crippen molar-refractivity contribution < 1.29 is 9.53 Å². The molecule has 0 aromatic rings. The summed E-state index contributed by atoms with van der Waals surface area (Å²) < 4.78 is 4.77. The quantitative estimate of drug-likeness (QED) is 0.363. The highest BCUT2D eigenvalue weighted by atomic mass is 16.5. The van der Waals surface area contributed by atoms with Gasteiger partial charge in [-0.1, -0.05) is 0 Å². The van der Waals surface area contributed by atoms with E-state index in [1.54, 1.807) is 0 Å². The lowest BCUT2D eigenvalue weighted by atomic mass is 10.3. The minimum Gasteiger partial charge on any atom is -0.466 e. The van der Waals surface area contributed by atoms with Gasteiger partial charge in [0.05, 0.1) is 6.61 Å². The van der Waals surface area contributed by atoms with E-state index in [2.05, 4.69) is 11.2 Å². The molecule has 0 aliphatic carbocycles. The van der Waals surface area contributed by atoms with Gasteiger partial charge in [0, 0.05) is 19.4 Å². The summed E-state index contributed by atoms with van der Waals surface area (Å²) in [7, 11) is 0. The van der Waals surface area contributed by atoms with Crippen molar-refractivity contribution in [1.82, 2.24) is 5.32 Å². The Morgan fingerprint density at radius 1 is 1.54 bits per heavy atom. The molecule has 0 spiro atoms. The van der Waals surface area contributed by atoms with Gasteiger partial charge in [-0.15, -0.1) is 12.3 Å². The molecule has 0 amide bonds. The van der Waals surface area contributed by atoms with Crippen LogP contribution in [0.15, 0.2) is 0 Å². The second kappa shape index (κ2) is 9.08. The number of rotatable bonds is 7. The van der Waals surface area contributed by atoms with E-state index in [-0.39, 0.29) is 5.97 Å². The zero-order chi connectivity index (χ0) is 9.94. The first kappa shape index (κ1) is 12.0. The standard InChI is InChI=1S/C10H17NO2/c1-3-5-8-11-9-6-7-10(12)13-4-2/h1,11H,4-9H2,2H3. The molecular weight excluding hydrogens is 166 g/mol. The predicted octanol–water partition coefficient (Wildman–Crippen LogP) is 0.943. The predicted molar refractivity (Wildman–Crippen MR) is 52.2 cm³/mol. The van der Waals surface area contributed by atoms with Gasteiger partial charge >= 0.3 is 5.97 Å². The Kier molecular flexibility index (Phi) is 8.38. The van der Waals surface area contributed by atoms with Crippen LogP contribution in [0.5, 0.6) is 0 Å². The molecule has 0 saturated carbocycles. The molecule has 0 aromatic carbocycles. The van der Waals surface area contributed by atoms with E-state index >= 15 is 0 Å². The number of hydrogen-bond acceptors (Lipinski definition) is 3. The molecule has 0 atom stereocenters. The Hall–Kier alpha value is -1.01. The van der Waals surface area contributed by atoms with Crippen LogP contribution in [0.1, 0.15) is 26.2 Å². The molecule has 3 nitrogen and oxygen atoms in total. The Morgan fingerprint density at radius 2 is 2.31 bits per heavy atom. The van der Waals surface area contributed by atoms with Crippen LogP contribution in [0, 0.1) is 12.3 Å². The van der Waals surface area contributed by atoms with Crippen LogP contribution in [0.4, 0.5) is 0 Å². The summed E-state index contributed by atoms with van der Waals surface area (Å²) in [4.78, 5) is 10.8. The minimum absolute atomic E-state index is 0.124. The van der Waals surface area contributed by atoms with Crippen molar-refractivity contribution in [3.8, 4) is 12.3 Å². The van der Waals surface area contributed by atoms with E-state index in [9.17, 15) is 4.79 Å². The van der Waals surface area contributed by atoms with Gasteiger partial charge in [-0.25, -0.2) is 0 Å². The first-order valence-electron chi connectivity index (χ1n) is 4.61. The summed E-state index contributed by atoms with van der Waals surface area (Å²) in [5.41, 5.74) is 0. The van der Waals surface area contributed by atoms with Crippen molar-refractivity contribution in [2.24, 2.45) is 0 Å². The molecule has 0 unspecified atom stereocenters. The molecule has 0 saturated heterocycles. The summed E-state index contributed by atoms with van der Waals surface area (Å²) in [5, 5.41) is 3.13. The van der Waals surface area contributed by atoms with Crippen molar-refractivity contribution in [3.63, 3.8) is 0 Å². The zero-order valence-electron chi connectivity index (χ0n) is 8.14. The van der Waals surface area contributed by atoms with E-state index in [4.69, 9.17) is 11.2 Å². The molecule has 0 aliphatic rings. The number of ether oxygens (including phenoxy) is 1. The van der Waals surface area contributed by atoms with Gasteiger partial charge in [0.2, 0.25) is 0 Å². The highest BCUT2D eigenvalue weighted by Gasteiger charge is 1.99. The third-order valence-electron chi connectivity index (χ3n) is 1.49. The van der Waals surface area contributed by atoms with E-state index in [0.717, 1.165) is 25.9 Å². The van der Waals surface area contributed by atoms with Crippen LogP contribution in [0.3, 0.4) is 0 Å². The van der Waals surface area contributed by atoms with E-state index in [1.165, 1.54) is 0 Å². The first-order chi connectivity index (χ1) is 6.31. The SMILES string of the molecule is C#CCCNCCCC(=O)OCC. The maximum Gasteiger partial charge on any atom is 0.305 e. The lowest BCUT2D eigenvalue weighted by Crippen LogP contribution is -2.17. The molecule has 0 bridgehead atoms. The molecular formula is C10H17NO2. The maximum atomic E-state index is 10.8. The van der Waals surface area contributed by atoms with Crippen LogP contribution >= 0.6 is 0 Å². The number of nitrogens with one attached hydrogen (secondary N) is 1. The molecule has 1 N–H and O–H groups in total. The van der Waals surface area contributed by atoms with Gasteiger partial charge in [-0.3, -0.25) is 4.79 Å². The van der Waals surface area contributed by atoms with Crippen LogP contribution in [-0.2, 0) is 9.53 Å². The summed E-state index contributed by atoms with van der Waals surface area (Å²) >= 11 is 0. The molecule has 0 aliphatic heterocycles. The third-order valence-corrected chi connectivity index (χ3v) is 1.49. The van der Waals surface area contributed by atoms with Gasteiger partial charge in [-0.05, 0) is 19.9 Å². The zero-order valence-corrected chi connectivity index (χ0v) is 8.14. The molecule has 74 valence electrons. The van der Waals surface area contributed by atoms with Gasteiger partial charge < -0.3 is 10.1 Å². The fourth-order valence-corrected chi connectivity index (χ4v) is 0.876. The van der Waals surface area contributed by atoms with E-state index in [0.29, 0.717) is 13.0 Å². The van der Waals surface area contributed by atoms with Crippen molar-refractivity contribution in [2.45, 2.75) is 26.2 Å². The Balaban J connectivity index is 3.07. The number of esters is 1. The molecule has 13 heavy (non-hydrogen) atoms. The summed E-state index contributed by atoms with van der Waals surface area (Å²) in [6.45, 7) is 3.91. The molecule has 0 heterocycles. The largest absolute Gasteiger partial charge is 0.466 e. The number of carbonyl (C=O) groups is 1. The van der Waals surface area contributed by atoms with Gasteiger partial charge in [0.25, 0.3) is 0 Å². The molecule has 0 aromatic heterocycles. The number of carbonyl (C=O) groups excluding carboxylic acids is 1. The van der Waals surface area contributed by atoms with Gasteiger partial charge in [0.15, 0.2) is 0 Å². The monoisotopic (exact) mass is 183 g/mol. The van der Waals surface area contributed by atoms with Crippen molar-refractivity contribution in [3.05, 3.63) is 0 Å². The van der Waals surface area contributed by atoms with Gasteiger partial charge in [-0.2, -0.15) is 0 Å². The fraction of sp³-hybridized carbons (Fsp3) is 0.700.